The van der Waals surface area contributed by atoms with E-state index in [1.165, 1.54) is 35.9 Å². The molecule has 0 radical (unpaired) electrons. The molecule has 0 saturated heterocycles. The third kappa shape index (κ3) is 4.96. The molecular weight excluding hydrogens is 589 g/mol. The first-order valence-electron chi connectivity index (χ1n) is 12.2. The van der Waals surface area contributed by atoms with Gasteiger partial charge in [0.25, 0.3) is 5.91 Å². The molecule has 206 valence electrons. The molecule has 1 unspecified atom stereocenters. The van der Waals surface area contributed by atoms with E-state index in [9.17, 15) is 19.1 Å². The van der Waals surface area contributed by atoms with Crippen molar-refractivity contribution in [1.29, 1.82) is 0 Å². The van der Waals surface area contributed by atoms with Crippen LogP contribution in [0.4, 0.5) is 9.52 Å². The fourth-order valence-electron chi connectivity index (χ4n) is 4.55. The summed E-state index contributed by atoms with van der Waals surface area (Å²) in [5.74, 6) is -1.87. The van der Waals surface area contributed by atoms with Gasteiger partial charge in [-0.25, -0.2) is 4.39 Å². The minimum Gasteiger partial charge on any atom is -0.503 e. The predicted molar refractivity (Wildman–Crippen MR) is 154 cm³/mol. The first-order chi connectivity index (χ1) is 19.9. The van der Waals surface area contributed by atoms with Crippen LogP contribution in [0.5, 0.6) is 5.75 Å². The van der Waals surface area contributed by atoms with Crippen molar-refractivity contribution in [1.82, 2.24) is 10.2 Å². The number of carbonyl (C=O) groups is 2. The van der Waals surface area contributed by atoms with Gasteiger partial charge in [-0.3, -0.25) is 14.5 Å². The summed E-state index contributed by atoms with van der Waals surface area (Å²) >= 11 is 8.46. The standard InChI is InChI=1S/C29H19ClFN3O5S2/c1-38-20-8-4-6-16-13-21(39-26(16)20)24(35)22-23(15-9-11-18(30)12-10-15)34(27(37)25(22)36)28-32-33-29(41-28)40-14-17-5-2-3-7-19(17)31/h2-13,23,36H,14H2,1H3. The third-order valence-electron chi connectivity index (χ3n) is 6.50. The molecule has 12 heteroatoms. The summed E-state index contributed by atoms with van der Waals surface area (Å²) in [4.78, 5) is 28.6. The highest BCUT2D eigenvalue weighted by atomic mass is 35.5. The lowest BCUT2D eigenvalue weighted by Crippen LogP contribution is -2.31. The highest BCUT2D eigenvalue weighted by Crippen LogP contribution is 2.44. The highest BCUT2D eigenvalue weighted by Gasteiger charge is 2.46. The van der Waals surface area contributed by atoms with E-state index >= 15 is 0 Å². The maximum Gasteiger partial charge on any atom is 0.296 e. The minimum absolute atomic E-state index is 0.0712. The molecule has 41 heavy (non-hydrogen) atoms. The van der Waals surface area contributed by atoms with Gasteiger partial charge in [-0.15, -0.1) is 10.2 Å². The quantitative estimate of drug-likeness (QED) is 0.112. The number of fused-ring (bicyclic) bond motifs is 1. The van der Waals surface area contributed by atoms with E-state index in [-0.39, 0.29) is 22.3 Å². The zero-order valence-corrected chi connectivity index (χ0v) is 23.6. The molecule has 0 saturated carbocycles. The van der Waals surface area contributed by atoms with Gasteiger partial charge in [-0.1, -0.05) is 77.2 Å². The molecule has 0 fully saturated rings. The second-order valence-electron chi connectivity index (χ2n) is 8.94. The molecule has 1 N–H and O–H groups in total. The molecular formula is C29H19ClFN3O5S2. The van der Waals surface area contributed by atoms with Crippen LogP contribution in [0.15, 0.2) is 92.9 Å². The van der Waals surface area contributed by atoms with Crippen LogP contribution in [0.3, 0.4) is 0 Å². The number of hydrogen-bond donors (Lipinski definition) is 1. The Bertz CT molecular complexity index is 1840. The second kappa shape index (κ2) is 11.0. The zero-order chi connectivity index (χ0) is 28.7. The minimum atomic E-state index is -1.04. The number of aliphatic hydroxyl groups is 1. The topological polar surface area (TPSA) is 106 Å². The molecule has 0 bridgehead atoms. The van der Waals surface area contributed by atoms with Gasteiger partial charge in [0.1, 0.15) is 5.82 Å². The lowest BCUT2D eigenvalue weighted by Gasteiger charge is -2.23. The van der Waals surface area contributed by atoms with Crippen molar-refractivity contribution in [2.45, 2.75) is 16.1 Å². The number of para-hydroxylation sites is 1. The Kier molecular flexibility index (Phi) is 7.24. The molecule has 2 aromatic heterocycles. The number of methoxy groups -OCH3 is 1. The van der Waals surface area contributed by atoms with Crippen molar-refractivity contribution in [2.24, 2.45) is 0 Å². The van der Waals surface area contributed by atoms with Crippen molar-refractivity contribution < 1.29 is 28.2 Å². The summed E-state index contributed by atoms with van der Waals surface area (Å²) < 4.78 is 25.8. The van der Waals surface area contributed by atoms with Crippen LogP contribution in [0.2, 0.25) is 5.02 Å². The molecule has 5 aromatic rings. The molecule has 1 aliphatic heterocycles. The van der Waals surface area contributed by atoms with E-state index in [1.807, 2.05) is 0 Å². The van der Waals surface area contributed by atoms with Crippen molar-refractivity contribution in [3.8, 4) is 5.75 Å². The molecule has 1 atom stereocenters. The van der Waals surface area contributed by atoms with Crippen LogP contribution in [0, 0.1) is 5.82 Å². The lowest BCUT2D eigenvalue weighted by molar-refractivity contribution is -0.117. The average Bonchev–Trinajstić information content (AvgIpc) is 3.69. The first kappa shape index (κ1) is 27.0. The van der Waals surface area contributed by atoms with Gasteiger partial charge in [0.05, 0.1) is 18.7 Å². The number of amides is 1. The van der Waals surface area contributed by atoms with Gasteiger partial charge >= 0.3 is 0 Å². The monoisotopic (exact) mass is 607 g/mol. The van der Waals surface area contributed by atoms with Gasteiger partial charge in [0.15, 0.2) is 27.2 Å². The van der Waals surface area contributed by atoms with Crippen LogP contribution < -0.4 is 9.64 Å². The van der Waals surface area contributed by atoms with Crippen LogP contribution in [0.25, 0.3) is 11.0 Å². The Morgan fingerprint density at radius 1 is 1.15 bits per heavy atom. The Balaban J connectivity index is 1.37. The Hall–Kier alpha value is -4.19. The SMILES string of the molecule is COc1cccc2cc(C(=O)C3=C(O)C(=O)N(c4nnc(SCc5ccccc5F)s4)C3c3ccc(Cl)cc3)oc12. The van der Waals surface area contributed by atoms with E-state index < -0.39 is 23.5 Å². The average molecular weight is 608 g/mol. The zero-order valence-electron chi connectivity index (χ0n) is 21.2. The molecule has 0 spiro atoms. The number of hydrogen-bond acceptors (Lipinski definition) is 9. The first-order valence-corrected chi connectivity index (χ1v) is 14.4. The molecule has 1 aliphatic rings. The number of thioether (sulfide) groups is 1. The predicted octanol–water partition coefficient (Wildman–Crippen LogP) is 7.16. The highest BCUT2D eigenvalue weighted by molar-refractivity contribution is 8.00. The Morgan fingerprint density at radius 3 is 2.68 bits per heavy atom. The molecule has 6 rings (SSSR count). The fraction of sp³-hybridized carbons (Fsp3) is 0.103. The second-order valence-corrected chi connectivity index (χ2v) is 11.6. The van der Waals surface area contributed by atoms with E-state index in [0.29, 0.717) is 43.0 Å². The summed E-state index contributed by atoms with van der Waals surface area (Å²) in [7, 11) is 1.49. The van der Waals surface area contributed by atoms with Crippen LogP contribution in [-0.4, -0.2) is 34.1 Å². The van der Waals surface area contributed by atoms with E-state index in [1.54, 1.807) is 60.7 Å². The number of halogens is 2. The fourth-order valence-corrected chi connectivity index (χ4v) is 6.53. The summed E-state index contributed by atoms with van der Waals surface area (Å²) in [6.45, 7) is 0. The van der Waals surface area contributed by atoms with Crippen molar-refractivity contribution in [3.63, 3.8) is 0 Å². The van der Waals surface area contributed by atoms with Crippen molar-refractivity contribution >= 4 is 62.5 Å². The summed E-state index contributed by atoms with van der Waals surface area (Å²) in [5, 5.41) is 20.6. The maximum atomic E-state index is 14.1. The van der Waals surface area contributed by atoms with E-state index in [2.05, 4.69) is 10.2 Å². The van der Waals surface area contributed by atoms with E-state index in [4.69, 9.17) is 20.8 Å². The molecule has 0 aliphatic carbocycles. The van der Waals surface area contributed by atoms with Gasteiger partial charge in [0, 0.05) is 16.2 Å². The number of nitrogens with zero attached hydrogens (tertiary/aromatic N) is 3. The summed E-state index contributed by atoms with van der Waals surface area (Å²) in [5.41, 5.74) is 1.20. The number of Topliss-reactive ketones (excluding diaryl/α,β-unsaturated/α-hetero) is 1. The normalized spacial score (nSPS) is 15.2. The number of anilines is 1. The van der Waals surface area contributed by atoms with Crippen LogP contribution in [-0.2, 0) is 10.5 Å². The van der Waals surface area contributed by atoms with Crippen molar-refractivity contribution in [2.75, 3.05) is 12.0 Å². The van der Waals surface area contributed by atoms with Crippen LogP contribution in [0.1, 0.15) is 27.7 Å². The van der Waals surface area contributed by atoms with Gasteiger partial charge in [0.2, 0.25) is 10.9 Å². The van der Waals surface area contributed by atoms with Gasteiger partial charge in [-0.05, 0) is 41.5 Å². The number of ketones is 1. The number of benzene rings is 3. The summed E-state index contributed by atoms with van der Waals surface area (Å²) in [6.07, 6.45) is 0. The number of ether oxygens (including phenoxy) is 1. The lowest BCUT2D eigenvalue weighted by atomic mass is 9.95. The Morgan fingerprint density at radius 2 is 1.93 bits per heavy atom. The van der Waals surface area contributed by atoms with Gasteiger partial charge < -0.3 is 14.3 Å². The number of furan rings is 1. The summed E-state index contributed by atoms with van der Waals surface area (Å²) in [6, 6.07) is 18.7. The van der Waals surface area contributed by atoms with Gasteiger partial charge in [-0.2, -0.15) is 0 Å². The van der Waals surface area contributed by atoms with Crippen LogP contribution >= 0.6 is 34.7 Å². The molecule has 3 aromatic carbocycles. The third-order valence-corrected chi connectivity index (χ3v) is 8.86. The maximum absolute atomic E-state index is 14.1. The smallest absolute Gasteiger partial charge is 0.296 e. The number of carbonyl (C=O) groups excluding carboxylic acids is 2. The molecule has 8 nitrogen and oxygen atoms in total. The number of aliphatic hydroxyl groups excluding tert-OH is 1. The molecule has 3 heterocycles. The number of aromatic nitrogens is 2. The Labute approximate surface area is 246 Å². The number of rotatable bonds is 8. The van der Waals surface area contributed by atoms with E-state index in [0.717, 1.165) is 11.3 Å². The van der Waals surface area contributed by atoms with Crippen molar-refractivity contribution in [3.05, 3.63) is 112 Å². The molecule has 1 amide bonds. The largest absolute Gasteiger partial charge is 0.503 e.